The first kappa shape index (κ1) is 11.3. The molecule has 4 nitrogen and oxygen atoms in total. The Bertz CT molecular complexity index is 238. The van der Waals surface area contributed by atoms with E-state index in [2.05, 4.69) is 10.2 Å². The Hall–Kier alpha value is -0.690. The van der Waals surface area contributed by atoms with Crippen LogP contribution < -0.4 is 0 Å². The quantitative estimate of drug-likeness (QED) is 0.336. The Balaban J connectivity index is 4.50. The van der Waals surface area contributed by atoms with Crippen LogP contribution in [0, 0.1) is 22.7 Å². The van der Waals surface area contributed by atoms with Crippen molar-refractivity contribution in [2.24, 2.45) is 10.2 Å². The lowest BCUT2D eigenvalue weighted by atomic mass is 10.1. The molecule has 0 saturated heterocycles. The molecule has 0 aliphatic heterocycles. The van der Waals surface area contributed by atoms with E-state index in [1.54, 1.807) is 20.8 Å². The monoisotopic (exact) mass is 276 g/mol. The fourth-order valence-electron chi connectivity index (χ4n) is 0.264. The summed E-state index contributed by atoms with van der Waals surface area (Å²) < 4.78 is -0.869. The summed E-state index contributed by atoms with van der Waals surface area (Å²) in [4.78, 5) is 0. The highest BCUT2D eigenvalue weighted by Gasteiger charge is 2.21. The molecule has 0 saturated carbocycles. The molecule has 0 heterocycles. The predicted octanol–water partition coefficient (Wildman–Crippen LogP) is 2.42. The van der Waals surface area contributed by atoms with Crippen LogP contribution in [0.5, 0.6) is 0 Å². The van der Waals surface area contributed by atoms with E-state index in [0.29, 0.717) is 0 Å². The minimum atomic E-state index is -0.869. The highest BCUT2D eigenvalue weighted by molar-refractivity contribution is 14.1. The maximum absolute atomic E-state index is 8.57. The van der Waals surface area contributed by atoms with Crippen molar-refractivity contribution in [3.63, 3.8) is 0 Å². The van der Waals surface area contributed by atoms with Gasteiger partial charge in [0.25, 0.3) is 0 Å². The second kappa shape index (κ2) is 3.81. The van der Waals surface area contributed by atoms with Crippen LogP contribution >= 0.6 is 22.6 Å². The molecule has 12 heavy (non-hydrogen) atoms. The van der Waals surface area contributed by atoms with Gasteiger partial charge in [0.2, 0.25) is 3.55 Å². The second-order valence-corrected chi connectivity index (χ2v) is 5.04. The zero-order chi connectivity index (χ0) is 9.83. The Morgan fingerprint density at radius 3 is 1.92 bits per heavy atom. The van der Waals surface area contributed by atoms with E-state index in [0.717, 1.165) is 0 Å². The molecule has 0 rings (SSSR count). The minimum Gasteiger partial charge on any atom is -0.196 e. The van der Waals surface area contributed by atoms with Gasteiger partial charge in [0, 0.05) is 0 Å². The van der Waals surface area contributed by atoms with Gasteiger partial charge in [-0.15, -0.1) is 0 Å². The van der Waals surface area contributed by atoms with Gasteiger partial charge in [-0.2, -0.15) is 20.8 Å². The number of halogens is 1. The lowest BCUT2D eigenvalue weighted by Gasteiger charge is -2.09. The smallest absolute Gasteiger partial charge is 0.196 e. The number of hydrogen-bond acceptors (Lipinski definition) is 4. The topological polar surface area (TPSA) is 72.3 Å². The zero-order valence-electron chi connectivity index (χ0n) is 7.17. The maximum Gasteiger partial charge on any atom is 0.214 e. The Morgan fingerprint density at radius 1 is 1.08 bits per heavy atom. The number of hydrogen-bond donors (Lipinski definition) is 0. The fourth-order valence-corrected chi connectivity index (χ4v) is 0.371. The predicted molar refractivity (Wildman–Crippen MR) is 52.6 cm³/mol. The third-order valence-corrected chi connectivity index (χ3v) is 1.42. The van der Waals surface area contributed by atoms with Gasteiger partial charge >= 0.3 is 0 Å². The van der Waals surface area contributed by atoms with Crippen molar-refractivity contribution < 1.29 is 0 Å². The van der Waals surface area contributed by atoms with Gasteiger partial charge in [-0.1, -0.05) is 0 Å². The largest absolute Gasteiger partial charge is 0.214 e. The fraction of sp³-hybridized carbons (Fsp3) is 0.714. The molecule has 0 aliphatic carbocycles. The summed E-state index contributed by atoms with van der Waals surface area (Å²) >= 11 is 1.87. The second-order valence-electron chi connectivity index (χ2n) is 2.94. The summed E-state index contributed by atoms with van der Waals surface area (Å²) in [5.74, 6) is 0. The van der Waals surface area contributed by atoms with Crippen molar-refractivity contribution in [1.29, 1.82) is 10.5 Å². The van der Waals surface area contributed by atoms with Crippen molar-refractivity contribution in [2.75, 3.05) is 0 Å². The molecule has 0 N–H and O–H groups in total. The number of nitriles is 2. The molecule has 0 fully saturated rings. The highest BCUT2D eigenvalue weighted by atomic mass is 127. The Morgan fingerprint density at radius 2 is 1.58 bits per heavy atom. The molecule has 0 bridgehead atoms. The highest BCUT2D eigenvalue weighted by Crippen LogP contribution is 2.21. The molecule has 0 aromatic rings. The van der Waals surface area contributed by atoms with Crippen LogP contribution in [0.2, 0.25) is 0 Å². The molecule has 5 heteroatoms. The molecule has 1 atom stereocenters. The zero-order valence-corrected chi connectivity index (χ0v) is 9.32. The maximum atomic E-state index is 8.57. The van der Waals surface area contributed by atoms with E-state index in [1.807, 2.05) is 34.7 Å². The Kier molecular flexibility index (Phi) is 3.59. The van der Waals surface area contributed by atoms with Crippen LogP contribution in [0.4, 0.5) is 0 Å². The molecule has 0 aromatic carbocycles. The van der Waals surface area contributed by atoms with Crippen molar-refractivity contribution >= 4 is 22.6 Å². The van der Waals surface area contributed by atoms with Gasteiger partial charge < -0.3 is 0 Å². The van der Waals surface area contributed by atoms with Gasteiger partial charge in [0.15, 0.2) is 5.54 Å². The third-order valence-electron chi connectivity index (χ3n) is 0.965. The van der Waals surface area contributed by atoms with Crippen LogP contribution in [0.25, 0.3) is 0 Å². The molecule has 0 aromatic heterocycles. The first-order valence-corrected chi connectivity index (χ1v) is 4.36. The number of nitrogens with zero attached hydrogens (tertiary/aromatic N) is 4. The summed E-state index contributed by atoms with van der Waals surface area (Å²) in [5, 5.41) is 24.6. The summed E-state index contributed by atoms with van der Waals surface area (Å²) in [6.07, 6.45) is 0. The van der Waals surface area contributed by atoms with E-state index in [-0.39, 0.29) is 0 Å². The molecular weight excluding hydrogens is 267 g/mol. The normalized spacial score (nSPS) is 16.5. The molecular formula is C7H9IN4. The van der Waals surface area contributed by atoms with E-state index in [9.17, 15) is 0 Å². The average Bonchev–Trinajstić information content (AvgIpc) is 2.02. The van der Waals surface area contributed by atoms with E-state index in [1.165, 1.54) is 0 Å². The van der Waals surface area contributed by atoms with Gasteiger partial charge in [-0.25, -0.2) is 0 Å². The first-order chi connectivity index (χ1) is 5.33. The van der Waals surface area contributed by atoms with Gasteiger partial charge in [0.05, 0.1) is 6.07 Å². The summed E-state index contributed by atoms with van der Waals surface area (Å²) in [7, 11) is 0. The van der Waals surface area contributed by atoms with Gasteiger partial charge in [0.1, 0.15) is 6.07 Å². The van der Waals surface area contributed by atoms with E-state index < -0.39 is 9.08 Å². The van der Waals surface area contributed by atoms with Crippen LogP contribution in [0.15, 0.2) is 10.2 Å². The lowest BCUT2D eigenvalue weighted by Crippen LogP contribution is -2.15. The van der Waals surface area contributed by atoms with E-state index in [4.69, 9.17) is 10.5 Å². The average molecular weight is 276 g/mol. The van der Waals surface area contributed by atoms with Gasteiger partial charge in [-0.3, -0.25) is 0 Å². The lowest BCUT2D eigenvalue weighted by molar-refractivity contribution is 0.598. The molecule has 0 spiro atoms. The van der Waals surface area contributed by atoms with Crippen LogP contribution in [-0.4, -0.2) is 9.08 Å². The standard InChI is InChI=1S/C7H9IN4/c1-6(2,4-9)11-12-7(3,8)5-10/h1-3H3. The van der Waals surface area contributed by atoms with Crippen LogP contribution in [-0.2, 0) is 0 Å². The van der Waals surface area contributed by atoms with Crippen molar-refractivity contribution in [2.45, 2.75) is 29.9 Å². The molecule has 64 valence electrons. The number of azo groups is 1. The van der Waals surface area contributed by atoms with Crippen molar-refractivity contribution in [3.8, 4) is 12.1 Å². The summed E-state index contributed by atoms with van der Waals surface area (Å²) in [6.45, 7) is 4.91. The third kappa shape index (κ3) is 4.24. The SMILES string of the molecule is CC(C)(C#N)N=NC(C)(I)C#N. The minimum absolute atomic E-state index is 0.844. The van der Waals surface area contributed by atoms with Gasteiger partial charge in [-0.05, 0) is 43.4 Å². The molecule has 0 amide bonds. The molecule has 0 aliphatic rings. The molecule has 1 unspecified atom stereocenters. The van der Waals surface area contributed by atoms with Crippen LogP contribution in [0.1, 0.15) is 20.8 Å². The first-order valence-electron chi connectivity index (χ1n) is 3.28. The van der Waals surface area contributed by atoms with Crippen LogP contribution in [0.3, 0.4) is 0 Å². The Labute approximate surface area is 85.4 Å². The summed E-state index contributed by atoms with van der Waals surface area (Å²) in [6, 6.07) is 3.92. The van der Waals surface area contributed by atoms with E-state index >= 15 is 0 Å². The molecule has 0 radical (unpaired) electrons. The summed E-state index contributed by atoms with van der Waals surface area (Å²) in [5.41, 5.74) is -0.844. The number of rotatable bonds is 2. The number of alkyl halides is 1. The van der Waals surface area contributed by atoms with Crippen molar-refractivity contribution in [1.82, 2.24) is 0 Å². The van der Waals surface area contributed by atoms with Crippen molar-refractivity contribution in [3.05, 3.63) is 0 Å².